The van der Waals surface area contributed by atoms with Crippen LogP contribution < -0.4 is 5.32 Å². The van der Waals surface area contributed by atoms with Crippen LogP contribution in [0.3, 0.4) is 0 Å². The van der Waals surface area contributed by atoms with Crippen molar-refractivity contribution in [1.82, 2.24) is 30.4 Å². The van der Waals surface area contributed by atoms with Gasteiger partial charge in [-0.3, -0.25) is 4.79 Å². The van der Waals surface area contributed by atoms with Crippen LogP contribution in [-0.4, -0.2) is 51.2 Å². The largest absolute Gasteiger partial charge is 0.354 e. The Bertz CT molecular complexity index is 834. The average molecular weight is 364 g/mol. The lowest BCUT2D eigenvalue weighted by Crippen LogP contribution is -2.31. The molecule has 3 aromatic rings. The second-order valence-corrected chi connectivity index (χ2v) is 6.44. The molecule has 0 aliphatic carbocycles. The van der Waals surface area contributed by atoms with Gasteiger partial charge >= 0.3 is 0 Å². The highest BCUT2D eigenvalue weighted by molar-refractivity contribution is 5.75. The van der Waals surface area contributed by atoms with Crippen molar-refractivity contribution in [2.75, 3.05) is 20.1 Å². The number of hydrogen-bond donors (Lipinski definition) is 1. The van der Waals surface area contributed by atoms with Gasteiger partial charge in [0.05, 0.1) is 0 Å². The molecule has 1 heterocycles. The van der Waals surface area contributed by atoms with Crippen LogP contribution in [0.1, 0.15) is 12.0 Å². The maximum absolute atomic E-state index is 12.0. The zero-order valence-corrected chi connectivity index (χ0v) is 15.5. The van der Waals surface area contributed by atoms with E-state index in [1.54, 1.807) is 0 Å². The van der Waals surface area contributed by atoms with Crippen LogP contribution in [0.15, 0.2) is 60.7 Å². The van der Waals surface area contributed by atoms with Crippen molar-refractivity contribution in [1.29, 1.82) is 0 Å². The molecular weight excluding hydrogens is 340 g/mol. The van der Waals surface area contributed by atoms with Crippen molar-refractivity contribution in [3.8, 4) is 11.4 Å². The fourth-order valence-electron chi connectivity index (χ4n) is 2.75. The number of benzene rings is 2. The average Bonchev–Trinajstić information content (AvgIpc) is 3.15. The van der Waals surface area contributed by atoms with Gasteiger partial charge in [-0.05, 0) is 30.8 Å². The minimum atomic E-state index is -0.113. The Hall–Kier alpha value is -3.06. The van der Waals surface area contributed by atoms with E-state index in [1.165, 1.54) is 10.4 Å². The molecule has 0 bridgehead atoms. The zero-order chi connectivity index (χ0) is 18.9. The van der Waals surface area contributed by atoms with Crippen molar-refractivity contribution in [2.24, 2.45) is 0 Å². The van der Waals surface area contributed by atoms with E-state index in [4.69, 9.17) is 0 Å². The van der Waals surface area contributed by atoms with E-state index in [9.17, 15) is 4.79 Å². The molecule has 1 N–H and O–H groups in total. The summed E-state index contributed by atoms with van der Waals surface area (Å²) in [5.74, 6) is 0.406. The third kappa shape index (κ3) is 6.00. The normalized spacial score (nSPS) is 10.9. The van der Waals surface area contributed by atoms with Gasteiger partial charge < -0.3 is 10.2 Å². The predicted octanol–water partition coefficient (Wildman–Crippen LogP) is 1.98. The number of rotatable bonds is 9. The van der Waals surface area contributed by atoms with Gasteiger partial charge in [-0.2, -0.15) is 4.80 Å². The summed E-state index contributed by atoms with van der Waals surface area (Å²) in [6.07, 6.45) is 0.884. The summed E-state index contributed by atoms with van der Waals surface area (Å²) in [6.45, 7) is 2.51. The third-order valence-corrected chi connectivity index (χ3v) is 4.10. The van der Waals surface area contributed by atoms with Crippen LogP contribution in [0.4, 0.5) is 0 Å². The Balaban J connectivity index is 1.36. The van der Waals surface area contributed by atoms with Crippen molar-refractivity contribution in [2.45, 2.75) is 19.5 Å². The lowest BCUT2D eigenvalue weighted by atomic mass is 10.2. The van der Waals surface area contributed by atoms with Crippen LogP contribution in [0.2, 0.25) is 0 Å². The monoisotopic (exact) mass is 364 g/mol. The van der Waals surface area contributed by atoms with Crippen LogP contribution in [0.25, 0.3) is 11.4 Å². The van der Waals surface area contributed by atoms with E-state index >= 15 is 0 Å². The number of hydrogen-bond acceptors (Lipinski definition) is 5. The van der Waals surface area contributed by atoms with Crippen LogP contribution in [0.5, 0.6) is 0 Å². The summed E-state index contributed by atoms with van der Waals surface area (Å²) in [4.78, 5) is 15.6. The molecular formula is C20H24N6O. The zero-order valence-electron chi connectivity index (χ0n) is 15.5. The van der Waals surface area contributed by atoms with E-state index < -0.39 is 0 Å². The molecule has 2 aromatic carbocycles. The van der Waals surface area contributed by atoms with E-state index in [-0.39, 0.29) is 12.5 Å². The Morgan fingerprint density at radius 3 is 2.52 bits per heavy atom. The van der Waals surface area contributed by atoms with Gasteiger partial charge in [-0.15, -0.1) is 10.2 Å². The van der Waals surface area contributed by atoms with Gasteiger partial charge in [0.25, 0.3) is 0 Å². The minimum Gasteiger partial charge on any atom is -0.354 e. The quantitative estimate of drug-likeness (QED) is 0.588. The third-order valence-electron chi connectivity index (χ3n) is 4.10. The van der Waals surface area contributed by atoms with Gasteiger partial charge in [-0.1, -0.05) is 60.7 Å². The van der Waals surface area contributed by atoms with Crippen LogP contribution >= 0.6 is 0 Å². The van der Waals surface area contributed by atoms with Gasteiger partial charge in [-0.25, -0.2) is 0 Å². The molecule has 1 aromatic heterocycles. The van der Waals surface area contributed by atoms with Crippen molar-refractivity contribution < 1.29 is 4.79 Å². The first-order valence-electron chi connectivity index (χ1n) is 9.03. The molecule has 0 saturated carbocycles. The molecule has 27 heavy (non-hydrogen) atoms. The fourth-order valence-corrected chi connectivity index (χ4v) is 2.75. The van der Waals surface area contributed by atoms with E-state index in [0.29, 0.717) is 12.4 Å². The first kappa shape index (κ1) is 18.7. The second-order valence-electron chi connectivity index (χ2n) is 6.44. The molecule has 140 valence electrons. The predicted molar refractivity (Wildman–Crippen MR) is 104 cm³/mol. The maximum atomic E-state index is 12.0. The van der Waals surface area contributed by atoms with Gasteiger partial charge in [0.1, 0.15) is 6.54 Å². The highest BCUT2D eigenvalue weighted by Crippen LogP contribution is 2.11. The number of nitrogens with one attached hydrogen (secondary N) is 1. The summed E-state index contributed by atoms with van der Waals surface area (Å²) in [5.41, 5.74) is 2.17. The fraction of sp³-hybridized carbons (Fsp3) is 0.300. The van der Waals surface area contributed by atoms with Crippen molar-refractivity contribution >= 4 is 5.91 Å². The maximum Gasteiger partial charge on any atom is 0.243 e. The molecule has 3 rings (SSSR count). The number of nitrogens with zero attached hydrogens (tertiary/aromatic N) is 5. The van der Waals surface area contributed by atoms with E-state index in [0.717, 1.165) is 25.1 Å². The first-order chi connectivity index (χ1) is 13.2. The molecule has 0 radical (unpaired) electrons. The lowest BCUT2D eigenvalue weighted by Gasteiger charge is -2.16. The standard InChI is InChI=1S/C20H24N6O/c1-25(15-17-9-4-2-5-10-17)14-8-13-21-19(27)16-26-23-20(22-24-26)18-11-6-3-7-12-18/h2-7,9-12H,8,13-16H2,1H3,(H,21,27). The van der Waals surface area contributed by atoms with Gasteiger partial charge in [0.2, 0.25) is 11.7 Å². The first-order valence-corrected chi connectivity index (χ1v) is 9.03. The second kappa shape index (κ2) is 9.59. The van der Waals surface area contributed by atoms with E-state index in [1.807, 2.05) is 48.5 Å². The summed E-state index contributed by atoms with van der Waals surface area (Å²) < 4.78 is 0. The minimum absolute atomic E-state index is 0.0691. The molecule has 0 saturated heterocycles. The molecule has 0 aliphatic rings. The number of aromatic nitrogens is 4. The molecule has 0 unspecified atom stereocenters. The van der Waals surface area contributed by atoms with Crippen LogP contribution in [-0.2, 0) is 17.9 Å². The molecule has 0 spiro atoms. The summed E-state index contributed by atoms with van der Waals surface area (Å²) >= 11 is 0. The highest BCUT2D eigenvalue weighted by atomic mass is 16.2. The SMILES string of the molecule is CN(CCCNC(=O)Cn1nnc(-c2ccccc2)n1)Cc1ccccc1. The van der Waals surface area contributed by atoms with Gasteiger partial charge in [0, 0.05) is 18.7 Å². The Kier molecular flexibility index (Phi) is 6.65. The Morgan fingerprint density at radius 1 is 1.07 bits per heavy atom. The molecule has 0 fully saturated rings. The Labute approximate surface area is 159 Å². The lowest BCUT2D eigenvalue weighted by molar-refractivity contribution is -0.122. The topological polar surface area (TPSA) is 75.9 Å². The molecule has 7 heteroatoms. The summed E-state index contributed by atoms with van der Waals surface area (Å²) in [6, 6.07) is 19.9. The van der Waals surface area contributed by atoms with Gasteiger partial charge in [0.15, 0.2) is 0 Å². The molecule has 7 nitrogen and oxygen atoms in total. The highest BCUT2D eigenvalue weighted by Gasteiger charge is 2.09. The molecule has 1 amide bonds. The molecule has 0 atom stereocenters. The number of tetrazole rings is 1. The Morgan fingerprint density at radius 2 is 1.78 bits per heavy atom. The van der Waals surface area contributed by atoms with Crippen molar-refractivity contribution in [3.63, 3.8) is 0 Å². The van der Waals surface area contributed by atoms with Crippen molar-refractivity contribution in [3.05, 3.63) is 66.2 Å². The molecule has 0 aliphatic heterocycles. The summed E-state index contributed by atoms with van der Waals surface area (Å²) in [5, 5.41) is 15.1. The van der Waals surface area contributed by atoms with Crippen LogP contribution in [0, 0.1) is 0 Å². The number of amides is 1. The number of carbonyl (C=O) groups is 1. The smallest absolute Gasteiger partial charge is 0.243 e. The van der Waals surface area contributed by atoms with E-state index in [2.05, 4.69) is 44.8 Å². The number of carbonyl (C=O) groups excluding carboxylic acids is 1. The summed E-state index contributed by atoms with van der Waals surface area (Å²) in [7, 11) is 2.08.